The average molecular weight is 265 g/mol. The van der Waals surface area contributed by atoms with Crippen LogP contribution in [0.4, 0.5) is 0 Å². The van der Waals surface area contributed by atoms with Gasteiger partial charge in [-0.3, -0.25) is 4.79 Å². The van der Waals surface area contributed by atoms with Gasteiger partial charge < -0.3 is 4.43 Å². The molecule has 0 spiro atoms. The van der Waals surface area contributed by atoms with Crippen LogP contribution in [-0.4, -0.2) is 20.2 Å². The lowest BCUT2D eigenvalue weighted by molar-refractivity contribution is -0.135. The summed E-state index contributed by atoms with van der Waals surface area (Å²) in [6.07, 6.45) is 0.322. The lowest BCUT2D eigenvalue weighted by Gasteiger charge is -2.41. The van der Waals surface area contributed by atoms with Crippen molar-refractivity contribution in [1.82, 2.24) is 0 Å². The van der Waals surface area contributed by atoms with E-state index in [2.05, 4.69) is 41.5 Å². The van der Waals surface area contributed by atoms with Crippen molar-refractivity contribution < 1.29 is 9.22 Å². The van der Waals surface area contributed by atoms with E-state index in [4.69, 9.17) is 16.0 Å². The van der Waals surface area contributed by atoms with E-state index in [1.165, 1.54) is 0 Å². The lowest BCUT2D eigenvalue weighted by atomic mass is 10.5. The standard InChI is InChI=1S/C12H25ClO2Si/c1-9(2)16(10(3)4,11(5)6)15-12(14)7-8-13/h9-11H,7-8H2,1-6H3. The molecule has 16 heavy (non-hydrogen) atoms. The minimum absolute atomic E-state index is 0.127. The van der Waals surface area contributed by atoms with Gasteiger partial charge in [-0.1, -0.05) is 41.5 Å². The van der Waals surface area contributed by atoms with E-state index >= 15 is 0 Å². The number of hydrogen-bond donors (Lipinski definition) is 0. The molecule has 0 aliphatic heterocycles. The smallest absolute Gasteiger partial charge is 0.293 e. The van der Waals surface area contributed by atoms with Crippen LogP contribution >= 0.6 is 11.6 Å². The molecule has 0 aliphatic rings. The van der Waals surface area contributed by atoms with Crippen molar-refractivity contribution in [3.63, 3.8) is 0 Å². The molecule has 2 nitrogen and oxygen atoms in total. The molecule has 0 aromatic rings. The van der Waals surface area contributed by atoms with Gasteiger partial charge in [-0.2, -0.15) is 0 Å². The quantitative estimate of drug-likeness (QED) is 0.527. The van der Waals surface area contributed by atoms with Gasteiger partial charge in [0, 0.05) is 5.88 Å². The molecule has 0 saturated heterocycles. The summed E-state index contributed by atoms with van der Waals surface area (Å²) in [4.78, 5) is 11.7. The third-order valence-corrected chi connectivity index (χ3v) is 9.48. The summed E-state index contributed by atoms with van der Waals surface area (Å²) in [5.41, 5.74) is 1.31. The normalized spacial score (nSPS) is 12.6. The Labute approximate surface area is 106 Å². The molecule has 96 valence electrons. The predicted octanol–water partition coefficient (Wildman–Crippen LogP) is 4.33. The Kier molecular flexibility index (Phi) is 6.64. The zero-order valence-corrected chi connectivity index (χ0v) is 13.1. The van der Waals surface area contributed by atoms with Gasteiger partial charge in [0.05, 0.1) is 6.42 Å². The maximum Gasteiger partial charge on any atom is 0.293 e. The summed E-state index contributed by atoms with van der Waals surface area (Å²) in [6.45, 7) is 13.0. The number of alkyl halides is 1. The molecule has 0 aromatic carbocycles. The molecule has 0 unspecified atom stereocenters. The van der Waals surface area contributed by atoms with Crippen molar-refractivity contribution in [3.05, 3.63) is 0 Å². The third-order valence-electron chi connectivity index (χ3n) is 3.30. The molecule has 0 saturated carbocycles. The fraction of sp³-hybridized carbons (Fsp3) is 0.917. The van der Waals surface area contributed by atoms with Crippen molar-refractivity contribution in [2.75, 3.05) is 5.88 Å². The van der Waals surface area contributed by atoms with Crippen molar-refractivity contribution in [3.8, 4) is 0 Å². The molecule has 4 heteroatoms. The van der Waals surface area contributed by atoms with E-state index in [0.717, 1.165) is 0 Å². The number of halogens is 1. The predicted molar refractivity (Wildman–Crippen MR) is 72.5 cm³/mol. The van der Waals surface area contributed by atoms with Crippen molar-refractivity contribution in [2.24, 2.45) is 0 Å². The zero-order chi connectivity index (χ0) is 12.9. The molecule has 0 radical (unpaired) electrons. The van der Waals surface area contributed by atoms with Crippen molar-refractivity contribution in [1.29, 1.82) is 0 Å². The van der Waals surface area contributed by atoms with Gasteiger partial charge in [0.2, 0.25) is 0 Å². The highest BCUT2D eigenvalue weighted by Gasteiger charge is 2.47. The van der Waals surface area contributed by atoms with Gasteiger partial charge in [0.1, 0.15) is 0 Å². The van der Waals surface area contributed by atoms with Crippen LogP contribution in [0.5, 0.6) is 0 Å². The molecule has 0 heterocycles. The maximum atomic E-state index is 11.7. The molecule has 0 bridgehead atoms. The minimum atomic E-state index is -2.04. The molecule has 0 N–H and O–H groups in total. The topological polar surface area (TPSA) is 26.3 Å². The van der Waals surface area contributed by atoms with Crippen molar-refractivity contribution in [2.45, 2.75) is 64.6 Å². The first-order valence-corrected chi connectivity index (χ1v) is 8.74. The number of carbonyl (C=O) groups excluding carboxylic acids is 1. The molecule has 0 atom stereocenters. The maximum absolute atomic E-state index is 11.7. The highest BCUT2D eigenvalue weighted by Crippen LogP contribution is 2.42. The second-order valence-electron chi connectivity index (χ2n) is 5.23. The number of carbonyl (C=O) groups is 1. The summed E-state index contributed by atoms with van der Waals surface area (Å²) in [5.74, 6) is 0.218. The zero-order valence-electron chi connectivity index (χ0n) is 11.3. The van der Waals surface area contributed by atoms with E-state index in [1.807, 2.05) is 0 Å². The summed E-state index contributed by atoms with van der Waals surface area (Å²) >= 11 is 5.58. The first kappa shape index (κ1) is 16.0. The van der Waals surface area contributed by atoms with Crippen LogP contribution in [0.25, 0.3) is 0 Å². The van der Waals surface area contributed by atoms with E-state index in [0.29, 0.717) is 28.9 Å². The monoisotopic (exact) mass is 264 g/mol. The van der Waals surface area contributed by atoms with E-state index in [9.17, 15) is 4.79 Å². The third kappa shape index (κ3) is 3.49. The first-order valence-electron chi connectivity index (χ1n) is 6.06. The van der Waals surface area contributed by atoms with Gasteiger partial charge in [-0.25, -0.2) is 0 Å². The van der Waals surface area contributed by atoms with Crippen LogP contribution in [0, 0.1) is 0 Å². The van der Waals surface area contributed by atoms with Gasteiger partial charge in [-0.15, -0.1) is 11.6 Å². The van der Waals surface area contributed by atoms with Crippen LogP contribution in [-0.2, 0) is 9.22 Å². The lowest BCUT2D eigenvalue weighted by Crippen LogP contribution is -2.49. The van der Waals surface area contributed by atoms with Gasteiger partial charge >= 0.3 is 0 Å². The Morgan fingerprint density at radius 2 is 1.44 bits per heavy atom. The highest BCUT2D eigenvalue weighted by atomic mass is 35.5. The fourth-order valence-corrected chi connectivity index (χ4v) is 8.04. The summed E-state index contributed by atoms with van der Waals surface area (Å²) in [7, 11) is -2.04. The Morgan fingerprint density at radius 1 is 1.06 bits per heavy atom. The summed E-state index contributed by atoms with van der Waals surface area (Å²) in [6, 6.07) is 0. The molecule has 0 amide bonds. The van der Waals surface area contributed by atoms with E-state index < -0.39 is 8.32 Å². The number of rotatable bonds is 6. The Hall–Kier alpha value is -0.0231. The van der Waals surface area contributed by atoms with Crippen LogP contribution in [0.3, 0.4) is 0 Å². The van der Waals surface area contributed by atoms with Crippen molar-refractivity contribution >= 4 is 25.9 Å². The van der Waals surface area contributed by atoms with Gasteiger partial charge in [-0.05, 0) is 16.6 Å². The second kappa shape index (κ2) is 6.65. The molecular weight excluding hydrogens is 240 g/mol. The molecule has 0 aliphatic carbocycles. The summed E-state index contributed by atoms with van der Waals surface area (Å²) in [5, 5.41) is 0. The van der Waals surface area contributed by atoms with E-state index in [1.54, 1.807) is 0 Å². The second-order valence-corrected chi connectivity index (χ2v) is 11.0. The largest absolute Gasteiger partial charge is 0.518 e. The number of hydrogen-bond acceptors (Lipinski definition) is 2. The average Bonchev–Trinajstić information content (AvgIpc) is 2.12. The Bertz CT molecular complexity index is 205. The first-order chi connectivity index (χ1) is 7.28. The van der Waals surface area contributed by atoms with Crippen LogP contribution in [0.15, 0.2) is 0 Å². The Balaban J connectivity index is 4.98. The van der Waals surface area contributed by atoms with Gasteiger partial charge in [0.25, 0.3) is 14.3 Å². The summed E-state index contributed by atoms with van der Waals surface area (Å²) < 4.78 is 5.88. The minimum Gasteiger partial charge on any atom is -0.518 e. The van der Waals surface area contributed by atoms with E-state index in [-0.39, 0.29) is 5.97 Å². The molecular formula is C12H25ClO2Si. The van der Waals surface area contributed by atoms with Gasteiger partial charge in [0.15, 0.2) is 0 Å². The SMILES string of the molecule is CC(C)[Si](OC(=O)CCCl)(C(C)C)C(C)C. The fourth-order valence-electron chi connectivity index (χ4n) is 2.68. The molecule has 0 fully saturated rings. The van der Waals surface area contributed by atoms with Crippen LogP contribution in [0.2, 0.25) is 16.6 Å². The highest BCUT2D eigenvalue weighted by molar-refractivity contribution is 6.78. The van der Waals surface area contributed by atoms with Crippen LogP contribution < -0.4 is 0 Å². The van der Waals surface area contributed by atoms with Crippen LogP contribution in [0.1, 0.15) is 48.0 Å². The molecule has 0 aromatic heterocycles. The Morgan fingerprint density at radius 3 is 1.69 bits per heavy atom. The molecule has 0 rings (SSSR count).